The van der Waals surface area contributed by atoms with Gasteiger partial charge in [-0.3, -0.25) is 14.2 Å². The number of unbranched alkanes of at least 4 members (excludes halogenated alkanes) is 1. The molecule has 3 aromatic rings. The molecule has 5 nitrogen and oxygen atoms in total. The van der Waals surface area contributed by atoms with E-state index >= 15 is 0 Å². The molecule has 2 aromatic carbocycles. The number of carbonyl (C=O) groups is 2. The van der Waals surface area contributed by atoms with Gasteiger partial charge in [0.15, 0.2) is 0 Å². The monoisotopic (exact) mass is 399 g/mol. The highest BCUT2D eigenvalue weighted by Crippen LogP contribution is 2.37. The Morgan fingerprint density at radius 1 is 1.14 bits per heavy atom. The van der Waals surface area contributed by atoms with Gasteiger partial charge in [-0.2, -0.15) is 0 Å². The summed E-state index contributed by atoms with van der Waals surface area (Å²) in [6, 6.07) is 11.2. The first-order valence-corrected chi connectivity index (χ1v) is 9.60. The largest absolute Gasteiger partial charge is 0.508 e. The zero-order valence-corrected chi connectivity index (χ0v) is 16.5. The average molecular weight is 400 g/mol. The summed E-state index contributed by atoms with van der Waals surface area (Å²) in [4.78, 5) is 25.2. The maximum Gasteiger partial charge on any atom is 0.311 e. The Balaban J connectivity index is 2.24. The van der Waals surface area contributed by atoms with Crippen LogP contribution in [-0.2, 0) is 4.79 Å². The number of carboxylic acids is 1. The van der Waals surface area contributed by atoms with Crippen LogP contribution < -0.4 is 0 Å². The molecule has 1 aromatic heterocycles. The van der Waals surface area contributed by atoms with Crippen molar-refractivity contribution in [1.29, 1.82) is 0 Å². The second-order valence-corrected chi connectivity index (χ2v) is 7.32. The fourth-order valence-corrected chi connectivity index (χ4v) is 3.78. The molecule has 0 radical (unpaired) electrons. The van der Waals surface area contributed by atoms with E-state index in [-0.39, 0.29) is 11.7 Å². The highest BCUT2D eigenvalue weighted by atomic mass is 35.5. The molecule has 2 N–H and O–H groups in total. The van der Waals surface area contributed by atoms with E-state index in [4.69, 9.17) is 11.6 Å². The van der Waals surface area contributed by atoms with E-state index in [9.17, 15) is 19.8 Å². The van der Waals surface area contributed by atoms with Gasteiger partial charge >= 0.3 is 5.97 Å². The third-order valence-corrected chi connectivity index (χ3v) is 5.28. The number of aromatic nitrogens is 1. The first-order chi connectivity index (χ1) is 13.3. The fraction of sp³-hybridized carbons (Fsp3) is 0.273. The van der Waals surface area contributed by atoms with Crippen LogP contribution in [0.25, 0.3) is 10.9 Å². The minimum atomic E-state index is -0.933. The third kappa shape index (κ3) is 3.62. The third-order valence-electron chi connectivity index (χ3n) is 5.02. The molecular weight excluding hydrogens is 378 g/mol. The van der Waals surface area contributed by atoms with Crippen LogP contribution in [0.15, 0.2) is 42.5 Å². The van der Waals surface area contributed by atoms with Gasteiger partial charge in [0.1, 0.15) is 5.75 Å². The van der Waals surface area contributed by atoms with Gasteiger partial charge in [-0.1, -0.05) is 31.4 Å². The van der Waals surface area contributed by atoms with Crippen LogP contribution in [0.5, 0.6) is 5.75 Å². The molecule has 0 amide bonds. The van der Waals surface area contributed by atoms with Gasteiger partial charge in [0.25, 0.3) is 5.91 Å². The number of nitrogens with zero attached hydrogens (tertiary/aromatic N) is 1. The quantitative estimate of drug-likeness (QED) is 0.585. The maximum absolute atomic E-state index is 13.2. The number of aliphatic carboxylic acids is 1. The van der Waals surface area contributed by atoms with E-state index < -0.39 is 11.9 Å². The molecule has 146 valence electrons. The molecule has 1 unspecified atom stereocenters. The Morgan fingerprint density at radius 3 is 2.43 bits per heavy atom. The fourth-order valence-electron chi connectivity index (χ4n) is 3.65. The van der Waals surface area contributed by atoms with Crippen molar-refractivity contribution in [3.05, 3.63) is 64.3 Å². The van der Waals surface area contributed by atoms with E-state index in [0.29, 0.717) is 39.2 Å². The van der Waals surface area contributed by atoms with Crippen LogP contribution in [0.4, 0.5) is 0 Å². The van der Waals surface area contributed by atoms with Crippen LogP contribution in [-0.4, -0.2) is 26.7 Å². The molecule has 0 saturated heterocycles. The van der Waals surface area contributed by atoms with Crippen molar-refractivity contribution < 1.29 is 19.8 Å². The van der Waals surface area contributed by atoms with E-state index in [1.54, 1.807) is 37.3 Å². The van der Waals surface area contributed by atoms with Crippen molar-refractivity contribution in [3.63, 3.8) is 0 Å². The molecule has 0 fully saturated rings. The summed E-state index contributed by atoms with van der Waals surface area (Å²) in [6.45, 7) is 3.76. The lowest BCUT2D eigenvalue weighted by atomic mass is 9.91. The second-order valence-electron chi connectivity index (χ2n) is 6.88. The van der Waals surface area contributed by atoms with E-state index in [2.05, 4.69) is 0 Å². The van der Waals surface area contributed by atoms with E-state index in [1.165, 1.54) is 16.7 Å². The molecule has 3 rings (SSSR count). The van der Waals surface area contributed by atoms with Crippen molar-refractivity contribution in [2.45, 2.75) is 39.0 Å². The van der Waals surface area contributed by atoms with Crippen LogP contribution in [0, 0.1) is 6.92 Å². The minimum Gasteiger partial charge on any atom is -0.508 e. The number of phenolic OH excluding ortho intramolecular Hbond substituents is 1. The highest BCUT2D eigenvalue weighted by Gasteiger charge is 2.29. The summed E-state index contributed by atoms with van der Waals surface area (Å²) in [6.07, 6.45) is 2.10. The lowest BCUT2D eigenvalue weighted by Crippen LogP contribution is -2.16. The van der Waals surface area contributed by atoms with Gasteiger partial charge in [0.2, 0.25) is 0 Å². The number of carboxylic acid groups (broad SMARTS) is 1. The van der Waals surface area contributed by atoms with Crippen LogP contribution in [0.2, 0.25) is 5.02 Å². The number of hydrogen-bond acceptors (Lipinski definition) is 3. The Kier molecular flexibility index (Phi) is 5.75. The Hall–Kier alpha value is -2.79. The van der Waals surface area contributed by atoms with Crippen molar-refractivity contribution in [2.75, 3.05) is 0 Å². The number of fused-ring (bicyclic) bond motifs is 1. The van der Waals surface area contributed by atoms with Crippen molar-refractivity contribution in [3.8, 4) is 5.75 Å². The number of rotatable bonds is 6. The van der Waals surface area contributed by atoms with Gasteiger partial charge in [-0.25, -0.2) is 0 Å². The van der Waals surface area contributed by atoms with Crippen LogP contribution in [0.1, 0.15) is 53.7 Å². The van der Waals surface area contributed by atoms with Gasteiger partial charge in [0.05, 0.1) is 11.4 Å². The normalized spacial score (nSPS) is 12.2. The highest BCUT2D eigenvalue weighted by molar-refractivity contribution is 6.30. The average Bonchev–Trinajstić information content (AvgIpc) is 2.93. The molecule has 28 heavy (non-hydrogen) atoms. The molecule has 0 spiro atoms. The second kappa shape index (κ2) is 8.07. The zero-order valence-electron chi connectivity index (χ0n) is 15.8. The zero-order chi connectivity index (χ0) is 20.4. The summed E-state index contributed by atoms with van der Waals surface area (Å²) in [5.74, 6) is -1.92. The summed E-state index contributed by atoms with van der Waals surface area (Å²) in [5.41, 5.74) is 2.18. The Labute approximate surface area is 168 Å². The Morgan fingerprint density at radius 2 is 1.82 bits per heavy atom. The number of carbonyl (C=O) groups excluding carboxylic acids is 1. The SMILES string of the molecule is CCCCC(C(=O)O)c1c(C)n(C(=O)c2ccc(Cl)cc2)c2ccc(O)cc12. The van der Waals surface area contributed by atoms with Crippen molar-refractivity contribution in [2.24, 2.45) is 0 Å². The first-order valence-electron chi connectivity index (χ1n) is 9.22. The summed E-state index contributed by atoms with van der Waals surface area (Å²) in [5, 5.41) is 20.9. The molecular formula is C22H22ClNO4. The molecule has 6 heteroatoms. The lowest BCUT2D eigenvalue weighted by Gasteiger charge is -2.13. The molecule has 0 bridgehead atoms. The number of benzene rings is 2. The van der Waals surface area contributed by atoms with Crippen molar-refractivity contribution in [1.82, 2.24) is 4.57 Å². The van der Waals surface area contributed by atoms with Gasteiger partial charge in [-0.15, -0.1) is 0 Å². The van der Waals surface area contributed by atoms with Gasteiger partial charge < -0.3 is 10.2 Å². The lowest BCUT2D eigenvalue weighted by molar-refractivity contribution is -0.139. The van der Waals surface area contributed by atoms with Crippen molar-refractivity contribution >= 4 is 34.4 Å². The number of hydrogen-bond donors (Lipinski definition) is 2. The summed E-state index contributed by atoms with van der Waals surface area (Å²) in [7, 11) is 0. The topological polar surface area (TPSA) is 79.5 Å². The smallest absolute Gasteiger partial charge is 0.311 e. The molecule has 1 atom stereocenters. The van der Waals surface area contributed by atoms with Gasteiger partial charge in [-0.05, 0) is 61.4 Å². The van der Waals surface area contributed by atoms with Crippen LogP contribution >= 0.6 is 11.6 Å². The standard InChI is InChI=1S/C22H22ClNO4/c1-3-4-5-17(22(27)28)20-13(2)24(19-11-10-16(25)12-18(19)20)21(26)14-6-8-15(23)9-7-14/h6-12,17,25H,3-5H2,1-2H3,(H,27,28). The van der Waals surface area contributed by atoms with Crippen LogP contribution in [0.3, 0.4) is 0 Å². The summed E-state index contributed by atoms with van der Waals surface area (Å²) >= 11 is 5.92. The predicted molar refractivity (Wildman–Crippen MR) is 109 cm³/mol. The molecule has 0 aliphatic rings. The molecule has 0 aliphatic heterocycles. The number of phenols is 1. The molecule has 0 aliphatic carbocycles. The molecule has 0 saturated carbocycles. The summed E-state index contributed by atoms with van der Waals surface area (Å²) < 4.78 is 1.52. The predicted octanol–water partition coefficient (Wildman–Crippen LogP) is 5.36. The van der Waals surface area contributed by atoms with Gasteiger partial charge in [0, 0.05) is 21.7 Å². The van der Waals surface area contributed by atoms with E-state index in [0.717, 1.165) is 12.8 Å². The first kappa shape index (κ1) is 20.0. The van der Waals surface area contributed by atoms with E-state index in [1.807, 2.05) is 6.92 Å². The maximum atomic E-state index is 13.2. The molecule has 1 heterocycles. The number of aromatic hydroxyl groups is 1. The minimum absolute atomic E-state index is 0.0319. The Bertz CT molecular complexity index is 1040. The number of halogens is 1.